The van der Waals surface area contributed by atoms with Gasteiger partial charge in [0.2, 0.25) is 5.91 Å². The molecule has 9 heteroatoms. The smallest absolute Gasteiger partial charge is 0.276 e. The summed E-state index contributed by atoms with van der Waals surface area (Å²) in [6.45, 7) is 6.87. The van der Waals surface area contributed by atoms with Crippen LogP contribution in [0.15, 0.2) is 36.5 Å². The number of aromatic nitrogens is 3. The first-order valence-electron chi connectivity index (χ1n) is 10.5. The third kappa shape index (κ3) is 3.71. The van der Waals surface area contributed by atoms with E-state index >= 15 is 0 Å². The Morgan fingerprint density at radius 2 is 1.97 bits per heavy atom. The van der Waals surface area contributed by atoms with E-state index in [1.54, 1.807) is 29.0 Å². The molecule has 0 saturated carbocycles. The van der Waals surface area contributed by atoms with Gasteiger partial charge in [-0.3, -0.25) is 14.3 Å². The molecular weight excluding hydrogens is 442 g/mol. The monoisotopic (exact) mass is 465 g/mol. The van der Waals surface area contributed by atoms with E-state index in [0.29, 0.717) is 18.8 Å². The largest absolute Gasteiger partial charge is 0.337 e. The number of carbonyl (C=O) groups is 2. The van der Waals surface area contributed by atoms with Crippen LogP contribution in [0.2, 0.25) is 0 Å². The van der Waals surface area contributed by atoms with Crippen LogP contribution in [0.25, 0.3) is 20.8 Å². The Labute approximate surface area is 193 Å². The van der Waals surface area contributed by atoms with Gasteiger partial charge < -0.3 is 10.2 Å². The fourth-order valence-corrected chi connectivity index (χ4v) is 6.25. The van der Waals surface area contributed by atoms with Gasteiger partial charge in [0.1, 0.15) is 10.0 Å². The van der Waals surface area contributed by atoms with Gasteiger partial charge in [0.25, 0.3) is 5.91 Å². The number of para-hydroxylation sites is 1. The Morgan fingerprint density at radius 1 is 1.16 bits per heavy atom. The summed E-state index contributed by atoms with van der Waals surface area (Å²) in [5.74, 6) is -0.177. The van der Waals surface area contributed by atoms with Crippen LogP contribution < -0.4 is 5.32 Å². The van der Waals surface area contributed by atoms with Crippen LogP contribution in [0, 0.1) is 0 Å². The number of benzene rings is 1. The fraction of sp³-hybridized carbons (Fsp3) is 0.304. The van der Waals surface area contributed by atoms with Gasteiger partial charge in [-0.2, -0.15) is 5.10 Å². The van der Waals surface area contributed by atoms with Crippen molar-refractivity contribution in [1.82, 2.24) is 19.7 Å². The Bertz CT molecular complexity index is 1300. The van der Waals surface area contributed by atoms with Crippen molar-refractivity contribution in [2.75, 3.05) is 11.9 Å². The van der Waals surface area contributed by atoms with Crippen molar-refractivity contribution in [3.05, 3.63) is 52.7 Å². The summed E-state index contributed by atoms with van der Waals surface area (Å²) in [5, 5.41) is 9.15. The van der Waals surface area contributed by atoms with E-state index in [-0.39, 0.29) is 17.9 Å². The van der Waals surface area contributed by atoms with E-state index in [0.717, 1.165) is 37.1 Å². The zero-order valence-electron chi connectivity index (χ0n) is 18.1. The number of hydrogen-bond acceptors (Lipinski definition) is 6. The number of thiophene rings is 1. The van der Waals surface area contributed by atoms with E-state index < -0.39 is 0 Å². The van der Waals surface area contributed by atoms with Crippen molar-refractivity contribution >= 4 is 49.7 Å². The summed E-state index contributed by atoms with van der Waals surface area (Å²) in [5.41, 5.74) is 3.48. The lowest BCUT2D eigenvalue weighted by atomic mass is 10.0. The van der Waals surface area contributed by atoms with Crippen LogP contribution in [-0.2, 0) is 17.8 Å². The van der Waals surface area contributed by atoms with Crippen molar-refractivity contribution in [2.45, 2.75) is 39.8 Å². The standard InChI is InChI=1S/C23H23N5O2S2/c1-13(2)28-11-9-17(26-28)21(30)25-23-20(22-24-16-6-4-5-7-18(16)31-22)15-8-10-27(14(3)29)12-19(15)32-23/h4-7,9,11,13H,8,10,12H2,1-3H3,(H,25,30). The quantitative estimate of drug-likeness (QED) is 0.462. The minimum atomic E-state index is -0.242. The molecule has 1 N–H and O–H groups in total. The molecule has 0 unspecified atom stereocenters. The summed E-state index contributed by atoms with van der Waals surface area (Å²) in [6, 6.07) is 9.96. The molecule has 0 spiro atoms. The molecule has 32 heavy (non-hydrogen) atoms. The number of amides is 2. The van der Waals surface area contributed by atoms with E-state index in [2.05, 4.69) is 16.5 Å². The number of rotatable bonds is 4. The molecule has 0 atom stereocenters. The van der Waals surface area contributed by atoms with E-state index in [1.165, 1.54) is 16.9 Å². The summed E-state index contributed by atoms with van der Waals surface area (Å²) in [7, 11) is 0. The first-order chi connectivity index (χ1) is 15.4. The van der Waals surface area contributed by atoms with Crippen molar-refractivity contribution in [3.8, 4) is 10.6 Å². The Morgan fingerprint density at radius 3 is 2.69 bits per heavy atom. The molecule has 0 bridgehead atoms. The number of anilines is 1. The van der Waals surface area contributed by atoms with E-state index in [4.69, 9.17) is 4.98 Å². The molecule has 0 fully saturated rings. The molecule has 7 nitrogen and oxygen atoms in total. The maximum atomic E-state index is 13.0. The molecular formula is C23H23N5O2S2. The SMILES string of the molecule is CC(=O)N1CCc2c(sc(NC(=O)c3ccn(C(C)C)n3)c2-c2nc3ccccc3s2)C1. The lowest BCUT2D eigenvalue weighted by molar-refractivity contribution is -0.129. The summed E-state index contributed by atoms with van der Waals surface area (Å²) < 4.78 is 2.88. The molecule has 4 heterocycles. The summed E-state index contributed by atoms with van der Waals surface area (Å²) in [6.07, 6.45) is 2.56. The fourth-order valence-electron chi connectivity index (χ4n) is 3.88. The Kier molecular flexibility index (Phi) is 5.30. The average molecular weight is 466 g/mol. The third-order valence-corrected chi connectivity index (χ3v) is 7.79. The number of hydrogen-bond donors (Lipinski definition) is 1. The second-order valence-electron chi connectivity index (χ2n) is 8.11. The number of carbonyl (C=O) groups excluding carboxylic acids is 2. The molecule has 4 aromatic rings. The van der Waals surface area contributed by atoms with Gasteiger partial charge >= 0.3 is 0 Å². The normalized spacial score (nSPS) is 13.6. The van der Waals surface area contributed by atoms with Crippen molar-refractivity contribution in [3.63, 3.8) is 0 Å². The number of nitrogens with one attached hydrogen (secondary N) is 1. The minimum absolute atomic E-state index is 0.0652. The predicted molar refractivity (Wildman–Crippen MR) is 128 cm³/mol. The molecule has 3 aromatic heterocycles. The summed E-state index contributed by atoms with van der Waals surface area (Å²) >= 11 is 3.15. The third-order valence-electron chi connectivity index (χ3n) is 5.61. The van der Waals surface area contributed by atoms with Crippen LogP contribution in [0.1, 0.15) is 47.7 Å². The minimum Gasteiger partial charge on any atom is -0.337 e. The highest BCUT2D eigenvalue weighted by Gasteiger charge is 2.29. The molecule has 1 aromatic carbocycles. The molecule has 1 aliphatic rings. The second-order valence-corrected chi connectivity index (χ2v) is 10.2. The van der Waals surface area contributed by atoms with Gasteiger partial charge in [-0.15, -0.1) is 22.7 Å². The van der Waals surface area contributed by atoms with Crippen LogP contribution in [-0.4, -0.2) is 38.0 Å². The van der Waals surface area contributed by atoms with E-state index in [9.17, 15) is 9.59 Å². The van der Waals surface area contributed by atoms with Crippen LogP contribution >= 0.6 is 22.7 Å². The first kappa shape index (κ1) is 20.8. The molecule has 2 amide bonds. The maximum absolute atomic E-state index is 13.0. The van der Waals surface area contributed by atoms with Crippen molar-refractivity contribution in [2.24, 2.45) is 0 Å². The predicted octanol–water partition coefficient (Wildman–Crippen LogP) is 4.96. The molecule has 1 aliphatic heterocycles. The number of nitrogens with zero attached hydrogens (tertiary/aromatic N) is 4. The molecule has 5 rings (SSSR count). The van der Waals surface area contributed by atoms with E-state index in [1.807, 2.05) is 43.1 Å². The number of fused-ring (bicyclic) bond motifs is 2. The Balaban J connectivity index is 1.56. The number of thiazole rings is 1. The Hall–Kier alpha value is -3.04. The van der Waals surface area contributed by atoms with Crippen LogP contribution in [0.4, 0.5) is 5.00 Å². The van der Waals surface area contributed by atoms with Gasteiger partial charge in [0, 0.05) is 36.1 Å². The lowest BCUT2D eigenvalue weighted by Crippen LogP contribution is -2.33. The highest BCUT2D eigenvalue weighted by Crippen LogP contribution is 2.45. The summed E-state index contributed by atoms with van der Waals surface area (Å²) in [4.78, 5) is 32.8. The van der Waals surface area contributed by atoms with Crippen molar-refractivity contribution in [1.29, 1.82) is 0 Å². The molecule has 0 saturated heterocycles. The van der Waals surface area contributed by atoms with Crippen LogP contribution in [0.3, 0.4) is 0 Å². The maximum Gasteiger partial charge on any atom is 0.276 e. The lowest BCUT2D eigenvalue weighted by Gasteiger charge is -2.25. The molecule has 164 valence electrons. The molecule has 0 radical (unpaired) electrons. The van der Waals surface area contributed by atoms with Crippen LogP contribution in [0.5, 0.6) is 0 Å². The highest BCUT2D eigenvalue weighted by atomic mass is 32.1. The average Bonchev–Trinajstić information content (AvgIpc) is 3.48. The zero-order chi connectivity index (χ0) is 22.4. The van der Waals surface area contributed by atoms with Gasteiger partial charge in [0.15, 0.2) is 5.69 Å². The van der Waals surface area contributed by atoms with Gasteiger partial charge in [-0.25, -0.2) is 4.98 Å². The first-order valence-corrected chi connectivity index (χ1v) is 12.2. The van der Waals surface area contributed by atoms with Crippen molar-refractivity contribution < 1.29 is 9.59 Å². The second kappa shape index (κ2) is 8.14. The van der Waals surface area contributed by atoms with Gasteiger partial charge in [0.05, 0.1) is 16.8 Å². The zero-order valence-corrected chi connectivity index (χ0v) is 19.7. The van der Waals surface area contributed by atoms with Gasteiger partial charge in [-0.05, 0) is 44.0 Å². The molecule has 0 aliphatic carbocycles. The highest BCUT2D eigenvalue weighted by molar-refractivity contribution is 7.23. The van der Waals surface area contributed by atoms with Gasteiger partial charge in [-0.1, -0.05) is 12.1 Å². The topological polar surface area (TPSA) is 80.1 Å².